The van der Waals surface area contributed by atoms with Gasteiger partial charge in [0.25, 0.3) is 11.8 Å². The van der Waals surface area contributed by atoms with E-state index in [0.717, 1.165) is 9.90 Å². The average molecular weight is 618 g/mol. The highest BCUT2D eigenvalue weighted by atomic mass is 32.2. The van der Waals surface area contributed by atoms with Crippen LogP contribution in [0.25, 0.3) is 6.08 Å². The summed E-state index contributed by atoms with van der Waals surface area (Å²) in [6, 6.07) is 20.9. The zero-order valence-corrected chi connectivity index (χ0v) is 25.7. The number of benzene rings is 3. The van der Waals surface area contributed by atoms with E-state index < -0.39 is 17.1 Å². The van der Waals surface area contributed by atoms with Gasteiger partial charge in [0.1, 0.15) is 22.2 Å². The lowest BCUT2D eigenvalue weighted by Gasteiger charge is -2.15. The van der Waals surface area contributed by atoms with Crippen molar-refractivity contribution in [1.29, 1.82) is 0 Å². The van der Waals surface area contributed by atoms with Gasteiger partial charge in [-0.25, -0.2) is 0 Å². The molecule has 0 spiro atoms. The third-order valence-corrected chi connectivity index (χ3v) is 8.17. The number of methoxy groups -OCH3 is 2. The number of hydrogen-bond donors (Lipinski definition) is 3. The Kier molecular flexibility index (Phi) is 10.9. The maximum atomic E-state index is 13.6. The number of ether oxygens (including phenoxy) is 2. The maximum Gasteiger partial charge on any atom is 0.272 e. The number of anilines is 2. The third kappa shape index (κ3) is 8.66. The fourth-order valence-electron chi connectivity index (χ4n) is 3.92. The Balaban J connectivity index is 1.56. The normalized spacial score (nSPS) is 11.8. The van der Waals surface area contributed by atoms with Crippen molar-refractivity contribution in [3.63, 3.8) is 0 Å². The molecule has 3 aromatic carbocycles. The fourth-order valence-corrected chi connectivity index (χ4v) is 5.52. The standard InChI is InChI=1S/C31H31N5O5S2/c1-5-27(30(39)34-31-36-35-19(2)42-31)43-24-13-9-12-22(18-24)32-29(38)25(33-28(37)20-10-7-6-8-11-20)17-21-16-23(40-3)14-15-26(21)41-4/h6-18,27H,5H2,1-4H3,(H,32,38)(H,33,37)(H,34,36,39)/b25-17+. The summed E-state index contributed by atoms with van der Waals surface area (Å²) >= 11 is 2.68. The molecule has 0 saturated carbocycles. The lowest BCUT2D eigenvalue weighted by molar-refractivity contribution is -0.116. The maximum absolute atomic E-state index is 13.6. The lowest BCUT2D eigenvalue weighted by atomic mass is 10.1. The van der Waals surface area contributed by atoms with Gasteiger partial charge in [0.15, 0.2) is 0 Å². The van der Waals surface area contributed by atoms with Gasteiger partial charge in [-0.3, -0.25) is 19.7 Å². The summed E-state index contributed by atoms with van der Waals surface area (Å²) in [7, 11) is 3.05. The van der Waals surface area contributed by atoms with Crippen LogP contribution in [0.4, 0.5) is 10.8 Å². The van der Waals surface area contributed by atoms with Crippen LogP contribution in [0.5, 0.6) is 11.5 Å². The molecule has 1 unspecified atom stereocenters. The highest BCUT2D eigenvalue weighted by molar-refractivity contribution is 8.00. The number of aryl methyl sites for hydroxylation is 1. The molecule has 0 aliphatic carbocycles. The molecule has 222 valence electrons. The van der Waals surface area contributed by atoms with E-state index in [2.05, 4.69) is 26.1 Å². The second-order valence-corrected chi connectivity index (χ2v) is 11.6. The number of aromatic nitrogens is 2. The molecule has 1 atom stereocenters. The highest BCUT2D eigenvalue weighted by Crippen LogP contribution is 2.30. The quantitative estimate of drug-likeness (QED) is 0.135. The van der Waals surface area contributed by atoms with Gasteiger partial charge in [-0.05, 0) is 68.0 Å². The van der Waals surface area contributed by atoms with E-state index in [4.69, 9.17) is 9.47 Å². The number of nitrogens with zero attached hydrogens (tertiary/aromatic N) is 2. The number of nitrogens with one attached hydrogen (secondary N) is 3. The van der Waals surface area contributed by atoms with Gasteiger partial charge in [0, 0.05) is 21.7 Å². The zero-order valence-electron chi connectivity index (χ0n) is 24.0. The van der Waals surface area contributed by atoms with Crippen molar-refractivity contribution in [3.8, 4) is 11.5 Å². The molecule has 0 radical (unpaired) electrons. The Hall–Kier alpha value is -4.68. The van der Waals surface area contributed by atoms with E-state index in [-0.39, 0.29) is 11.6 Å². The predicted octanol–water partition coefficient (Wildman–Crippen LogP) is 5.78. The topological polar surface area (TPSA) is 132 Å². The molecule has 1 aromatic heterocycles. The largest absolute Gasteiger partial charge is 0.497 e. The van der Waals surface area contributed by atoms with Gasteiger partial charge < -0.3 is 20.1 Å². The molecule has 0 aliphatic heterocycles. The minimum Gasteiger partial charge on any atom is -0.497 e. The van der Waals surface area contributed by atoms with Crippen molar-refractivity contribution in [1.82, 2.24) is 15.5 Å². The minimum absolute atomic E-state index is 0.00312. The number of thioether (sulfide) groups is 1. The second kappa shape index (κ2) is 15.0. The van der Waals surface area contributed by atoms with Crippen LogP contribution in [0.1, 0.15) is 34.3 Å². The van der Waals surface area contributed by atoms with Crippen molar-refractivity contribution < 1.29 is 23.9 Å². The lowest BCUT2D eigenvalue weighted by Crippen LogP contribution is -2.30. The van der Waals surface area contributed by atoms with Gasteiger partial charge in [-0.15, -0.1) is 22.0 Å². The number of hydrogen-bond acceptors (Lipinski definition) is 9. The summed E-state index contributed by atoms with van der Waals surface area (Å²) in [4.78, 5) is 40.3. The average Bonchev–Trinajstić information content (AvgIpc) is 3.43. The summed E-state index contributed by atoms with van der Waals surface area (Å²) in [6.45, 7) is 3.74. The molecule has 0 bridgehead atoms. The van der Waals surface area contributed by atoms with Gasteiger partial charge >= 0.3 is 0 Å². The zero-order chi connectivity index (χ0) is 30.8. The third-order valence-electron chi connectivity index (χ3n) is 6.06. The first kappa shape index (κ1) is 31.3. The molecular formula is C31H31N5O5S2. The summed E-state index contributed by atoms with van der Waals surface area (Å²) in [5.74, 6) is -0.129. The summed E-state index contributed by atoms with van der Waals surface area (Å²) in [5, 5.41) is 17.1. The molecule has 3 N–H and O–H groups in total. The summed E-state index contributed by atoms with van der Waals surface area (Å²) in [6.07, 6.45) is 2.11. The van der Waals surface area contributed by atoms with Crippen LogP contribution in [0.2, 0.25) is 0 Å². The molecule has 0 aliphatic rings. The molecule has 3 amide bonds. The van der Waals surface area contributed by atoms with Crippen LogP contribution in [-0.4, -0.2) is 47.4 Å². The van der Waals surface area contributed by atoms with Crippen LogP contribution in [0.3, 0.4) is 0 Å². The number of carbonyl (C=O) groups excluding carboxylic acids is 3. The monoisotopic (exact) mass is 617 g/mol. The van der Waals surface area contributed by atoms with E-state index >= 15 is 0 Å². The fraction of sp³-hybridized carbons (Fsp3) is 0.194. The van der Waals surface area contributed by atoms with Crippen LogP contribution in [0.15, 0.2) is 83.4 Å². The van der Waals surface area contributed by atoms with Crippen molar-refractivity contribution >= 4 is 57.7 Å². The molecule has 43 heavy (non-hydrogen) atoms. The van der Waals surface area contributed by atoms with E-state index in [1.165, 1.54) is 43.4 Å². The first-order valence-corrected chi connectivity index (χ1v) is 15.0. The van der Waals surface area contributed by atoms with Crippen LogP contribution in [0, 0.1) is 6.92 Å². The highest BCUT2D eigenvalue weighted by Gasteiger charge is 2.21. The first-order chi connectivity index (χ1) is 20.8. The van der Waals surface area contributed by atoms with Crippen LogP contribution in [-0.2, 0) is 9.59 Å². The molecule has 12 heteroatoms. The van der Waals surface area contributed by atoms with Crippen molar-refractivity contribution in [2.75, 3.05) is 24.9 Å². The molecule has 1 heterocycles. The van der Waals surface area contributed by atoms with Crippen LogP contribution >= 0.6 is 23.1 Å². The Morgan fingerprint density at radius 1 is 0.953 bits per heavy atom. The van der Waals surface area contributed by atoms with Gasteiger partial charge in [0.2, 0.25) is 11.0 Å². The molecule has 4 rings (SSSR count). The van der Waals surface area contributed by atoms with E-state index in [9.17, 15) is 14.4 Å². The number of amides is 3. The summed E-state index contributed by atoms with van der Waals surface area (Å²) < 4.78 is 10.8. The smallest absolute Gasteiger partial charge is 0.272 e. The molecule has 0 saturated heterocycles. The molecule has 10 nitrogen and oxygen atoms in total. The van der Waals surface area contributed by atoms with E-state index in [0.29, 0.717) is 39.9 Å². The number of rotatable bonds is 12. The predicted molar refractivity (Wildman–Crippen MR) is 170 cm³/mol. The second-order valence-electron chi connectivity index (χ2n) is 9.10. The summed E-state index contributed by atoms with van der Waals surface area (Å²) in [5.41, 5.74) is 1.41. The van der Waals surface area contributed by atoms with Gasteiger partial charge in [-0.2, -0.15) is 0 Å². The van der Waals surface area contributed by atoms with E-state index in [1.807, 2.05) is 19.9 Å². The van der Waals surface area contributed by atoms with Crippen molar-refractivity contribution in [2.24, 2.45) is 0 Å². The van der Waals surface area contributed by atoms with Crippen LogP contribution < -0.4 is 25.4 Å². The first-order valence-electron chi connectivity index (χ1n) is 13.3. The minimum atomic E-state index is -0.548. The van der Waals surface area contributed by atoms with Gasteiger partial charge in [0.05, 0.1) is 19.5 Å². The van der Waals surface area contributed by atoms with Gasteiger partial charge in [-0.1, -0.05) is 42.5 Å². The SMILES string of the molecule is CCC(Sc1cccc(NC(=O)/C(=C\c2cc(OC)ccc2OC)NC(=O)c2ccccc2)c1)C(=O)Nc1nnc(C)s1. The Bertz CT molecular complexity index is 1620. The van der Waals surface area contributed by atoms with Crippen molar-refractivity contribution in [2.45, 2.75) is 30.4 Å². The molecular weight excluding hydrogens is 587 g/mol. The number of carbonyl (C=O) groups is 3. The molecule has 0 fully saturated rings. The van der Waals surface area contributed by atoms with E-state index in [1.54, 1.807) is 66.7 Å². The molecule has 4 aromatic rings. The Morgan fingerprint density at radius 2 is 1.74 bits per heavy atom. The Morgan fingerprint density at radius 3 is 2.42 bits per heavy atom. The van der Waals surface area contributed by atoms with Crippen molar-refractivity contribution in [3.05, 3.63) is 94.6 Å². The Labute approximate surface area is 257 Å².